The number of methoxy groups -OCH3 is 1. The summed E-state index contributed by atoms with van der Waals surface area (Å²) in [7, 11) is 1.54. The highest BCUT2D eigenvalue weighted by Crippen LogP contribution is 2.32. The van der Waals surface area contributed by atoms with Crippen LogP contribution >= 0.6 is 11.6 Å². The van der Waals surface area contributed by atoms with Crippen LogP contribution in [0.25, 0.3) is 5.57 Å². The summed E-state index contributed by atoms with van der Waals surface area (Å²) >= 11 is 6.26. The van der Waals surface area contributed by atoms with Crippen LogP contribution < -0.4 is 0 Å². The molecular formula is C21H35ClO2. The Bertz CT molecular complexity index is 535. The van der Waals surface area contributed by atoms with Gasteiger partial charge in [0.2, 0.25) is 0 Å². The molecule has 1 rings (SSSR count). The van der Waals surface area contributed by atoms with Gasteiger partial charge in [0, 0.05) is 18.6 Å². The number of hydrogen-bond acceptors (Lipinski definition) is 2. The Kier molecular flexibility index (Phi) is 12.8. The molecule has 1 aromatic carbocycles. The number of rotatable bonds is 5. The summed E-state index contributed by atoms with van der Waals surface area (Å²) in [6.45, 7) is 19.7. The molecule has 24 heavy (non-hydrogen) atoms. The van der Waals surface area contributed by atoms with Gasteiger partial charge in [0.05, 0.1) is 0 Å². The lowest BCUT2D eigenvalue weighted by Gasteiger charge is -2.26. The van der Waals surface area contributed by atoms with Crippen molar-refractivity contribution in [2.24, 2.45) is 0 Å². The van der Waals surface area contributed by atoms with E-state index in [0.29, 0.717) is 11.4 Å². The fraction of sp³-hybridized carbons (Fsp3) is 0.571. The first-order chi connectivity index (χ1) is 11.1. The monoisotopic (exact) mass is 354 g/mol. The van der Waals surface area contributed by atoms with E-state index in [2.05, 4.69) is 20.4 Å². The minimum atomic E-state index is -0.848. The third-order valence-electron chi connectivity index (χ3n) is 3.71. The topological polar surface area (TPSA) is 26.3 Å². The van der Waals surface area contributed by atoms with Gasteiger partial charge in [-0.15, -0.1) is 0 Å². The van der Waals surface area contributed by atoms with E-state index >= 15 is 0 Å². The number of ether oxygens (including phenoxy) is 1. The average Bonchev–Trinajstić information content (AvgIpc) is 2.53. The van der Waals surface area contributed by atoms with E-state index in [-0.39, 0.29) is 5.78 Å². The van der Waals surface area contributed by atoms with Crippen LogP contribution in [-0.2, 0) is 9.53 Å². The quantitative estimate of drug-likeness (QED) is 0.581. The molecule has 0 aliphatic heterocycles. The number of ketones is 1. The van der Waals surface area contributed by atoms with E-state index in [1.165, 1.54) is 20.5 Å². The van der Waals surface area contributed by atoms with E-state index in [9.17, 15) is 4.79 Å². The molecule has 0 fully saturated rings. The van der Waals surface area contributed by atoms with Crippen molar-refractivity contribution in [1.29, 1.82) is 0 Å². The standard InChI is InChI=1S/C16H21ClO2.C3H8.C2H6/c1-10-7-14(15(17)8-11(10)2)12(3)9-16(5,19-6)13(4)18;1-3-2;1-2/h7-8H,3,9H2,1-2,4-6H3;3H2,1-2H3;1-2H3/t16-;;/m1../s1. The maximum atomic E-state index is 11.7. The molecular weight excluding hydrogens is 320 g/mol. The predicted octanol–water partition coefficient (Wildman–Crippen LogP) is 6.80. The van der Waals surface area contributed by atoms with Crippen LogP contribution in [0.2, 0.25) is 5.02 Å². The molecule has 0 saturated carbocycles. The van der Waals surface area contributed by atoms with Gasteiger partial charge in [-0.2, -0.15) is 0 Å². The fourth-order valence-corrected chi connectivity index (χ4v) is 2.25. The molecule has 0 saturated heterocycles. The molecule has 0 amide bonds. The molecule has 0 aromatic heterocycles. The number of aryl methyl sites for hydroxylation is 2. The second-order valence-electron chi connectivity index (χ2n) is 5.89. The van der Waals surface area contributed by atoms with Gasteiger partial charge in [-0.3, -0.25) is 4.79 Å². The second-order valence-corrected chi connectivity index (χ2v) is 6.30. The Morgan fingerprint density at radius 2 is 1.62 bits per heavy atom. The van der Waals surface area contributed by atoms with Gasteiger partial charge in [0.15, 0.2) is 5.78 Å². The molecule has 3 heteroatoms. The molecule has 0 unspecified atom stereocenters. The summed E-state index contributed by atoms with van der Waals surface area (Å²) in [5, 5.41) is 0.662. The maximum Gasteiger partial charge on any atom is 0.161 e. The van der Waals surface area contributed by atoms with Crippen molar-refractivity contribution in [3.63, 3.8) is 0 Å². The summed E-state index contributed by atoms with van der Waals surface area (Å²) < 4.78 is 5.33. The van der Waals surface area contributed by atoms with E-state index in [4.69, 9.17) is 16.3 Å². The number of Topliss-reactive ketones (excluding diaryl/α,β-unsaturated/α-hetero) is 1. The lowest BCUT2D eigenvalue weighted by Crippen LogP contribution is -2.35. The molecule has 2 nitrogen and oxygen atoms in total. The number of halogens is 1. The molecule has 0 spiro atoms. The molecule has 0 heterocycles. The van der Waals surface area contributed by atoms with Crippen LogP contribution in [0.1, 0.15) is 71.1 Å². The average molecular weight is 355 g/mol. The van der Waals surface area contributed by atoms with Crippen LogP contribution in [0, 0.1) is 13.8 Å². The first kappa shape index (κ1) is 25.1. The summed E-state index contributed by atoms with van der Waals surface area (Å²) in [5.74, 6) is -0.0175. The smallest absolute Gasteiger partial charge is 0.161 e. The lowest BCUT2D eigenvalue weighted by molar-refractivity contribution is -0.136. The van der Waals surface area contributed by atoms with E-state index in [0.717, 1.165) is 22.3 Å². The largest absolute Gasteiger partial charge is 0.370 e. The minimum Gasteiger partial charge on any atom is -0.370 e. The number of benzene rings is 1. The fourth-order valence-electron chi connectivity index (χ4n) is 1.89. The Morgan fingerprint density at radius 1 is 1.21 bits per heavy atom. The van der Waals surface area contributed by atoms with Crippen molar-refractivity contribution in [3.8, 4) is 0 Å². The Hall–Kier alpha value is -1.12. The zero-order valence-corrected chi connectivity index (χ0v) is 17.7. The summed E-state index contributed by atoms with van der Waals surface area (Å²) in [6.07, 6.45) is 1.68. The van der Waals surface area contributed by atoms with Crippen molar-refractivity contribution in [3.05, 3.63) is 40.4 Å². The van der Waals surface area contributed by atoms with E-state index in [1.54, 1.807) is 6.92 Å². The summed E-state index contributed by atoms with van der Waals surface area (Å²) in [5.41, 5.74) is 3.14. The van der Waals surface area contributed by atoms with E-state index < -0.39 is 5.60 Å². The van der Waals surface area contributed by atoms with Crippen molar-refractivity contribution in [2.45, 2.75) is 73.8 Å². The van der Waals surface area contributed by atoms with Gasteiger partial charge in [-0.05, 0) is 56.0 Å². The van der Waals surface area contributed by atoms with Crippen molar-refractivity contribution < 1.29 is 9.53 Å². The van der Waals surface area contributed by atoms with E-state index in [1.807, 2.05) is 39.8 Å². The summed E-state index contributed by atoms with van der Waals surface area (Å²) in [4.78, 5) is 11.7. The summed E-state index contributed by atoms with van der Waals surface area (Å²) in [6, 6.07) is 3.94. The zero-order valence-electron chi connectivity index (χ0n) is 17.0. The van der Waals surface area contributed by atoms with Crippen LogP contribution in [0.5, 0.6) is 0 Å². The normalized spacial score (nSPS) is 12.1. The molecule has 0 bridgehead atoms. The highest BCUT2D eigenvalue weighted by Gasteiger charge is 2.30. The van der Waals surface area contributed by atoms with Crippen LogP contribution in [0.4, 0.5) is 0 Å². The van der Waals surface area contributed by atoms with Crippen molar-refractivity contribution in [1.82, 2.24) is 0 Å². The van der Waals surface area contributed by atoms with Crippen LogP contribution in [0.3, 0.4) is 0 Å². The molecule has 0 N–H and O–H groups in total. The van der Waals surface area contributed by atoms with Gasteiger partial charge in [-0.25, -0.2) is 0 Å². The number of carbonyl (C=O) groups is 1. The third-order valence-corrected chi connectivity index (χ3v) is 4.02. The van der Waals surface area contributed by atoms with Crippen LogP contribution in [-0.4, -0.2) is 18.5 Å². The third kappa shape index (κ3) is 7.63. The zero-order chi connectivity index (χ0) is 19.5. The Balaban J connectivity index is 0. The Morgan fingerprint density at radius 3 is 2.00 bits per heavy atom. The van der Waals surface area contributed by atoms with Gasteiger partial charge in [0.25, 0.3) is 0 Å². The first-order valence-electron chi connectivity index (χ1n) is 8.64. The lowest BCUT2D eigenvalue weighted by atomic mass is 9.89. The number of carbonyl (C=O) groups excluding carboxylic acids is 1. The SMILES string of the molecule is C=C(C[C@@](C)(OC)C(C)=O)c1cc(C)c(C)cc1Cl.CC.CCC. The minimum absolute atomic E-state index is 0.0175. The van der Waals surface area contributed by atoms with Crippen molar-refractivity contribution >= 4 is 23.0 Å². The molecule has 1 aromatic rings. The molecule has 0 radical (unpaired) electrons. The van der Waals surface area contributed by atoms with Crippen LogP contribution in [0.15, 0.2) is 18.7 Å². The van der Waals surface area contributed by atoms with Gasteiger partial charge in [0.1, 0.15) is 5.60 Å². The first-order valence-corrected chi connectivity index (χ1v) is 9.01. The highest BCUT2D eigenvalue weighted by molar-refractivity contribution is 6.32. The predicted molar refractivity (Wildman–Crippen MR) is 108 cm³/mol. The molecule has 138 valence electrons. The number of hydrogen-bond donors (Lipinski definition) is 0. The van der Waals surface area contributed by atoms with Gasteiger partial charge < -0.3 is 4.74 Å². The molecule has 1 atom stereocenters. The molecule has 0 aliphatic carbocycles. The Labute approximate surface area is 154 Å². The molecule has 0 aliphatic rings. The van der Waals surface area contributed by atoms with Gasteiger partial charge in [-0.1, -0.05) is 58.4 Å². The maximum absolute atomic E-state index is 11.7. The second kappa shape index (κ2) is 12.3. The van der Waals surface area contributed by atoms with Gasteiger partial charge >= 0.3 is 0 Å². The highest BCUT2D eigenvalue weighted by atomic mass is 35.5. The van der Waals surface area contributed by atoms with Crippen molar-refractivity contribution in [2.75, 3.05) is 7.11 Å².